The van der Waals surface area contributed by atoms with Gasteiger partial charge in [0.1, 0.15) is 0 Å². The van der Waals surface area contributed by atoms with Crippen molar-refractivity contribution in [2.45, 2.75) is 24.8 Å². The summed E-state index contributed by atoms with van der Waals surface area (Å²) in [5, 5.41) is 2.70. The number of anilines is 1. The molecular weight excluding hydrogens is 370 g/mol. The SMILES string of the molecule is CC(C)N(C)S(=O)(=O)c1ccc(C(=O)Nc2ccc3oc(=O)[nH]c3c2)cc1. The zero-order valence-corrected chi connectivity index (χ0v) is 15.8. The maximum atomic E-state index is 12.5. The number of benzene rings is 2. The second-order valence-electron chi connectivity index (χ2n) is 6.32. The van der Waals surface area contributed by atoms with Gasteiger partial charge < -0.3 is 9.73 Å². The molecule has 0 saturated carbocycles. The number of H-pyrrole nitrogens is 1. The van der Waals surface area contributed by atoms with Crippen molar-refractivity contribution in [2.24, 2.45) is 0 Å². The summed E-state index contributed by atoms with van der Waals surface area (Å²) in [5.74, 6) is -0.974. The molecular formula is C18H19N3O5S. The zero-order valence-electron chi connectivity index (χ0n) is 15.0. The molecule has 1 heterocycles. The molecule has 2 N–H and O–H groups in total. The van der Waals surface area contributed by atoms with Gasteiger partial charge in [0.25, 0.3) is 5.91 Å². The standard InChI is InChI=1S/C18H19N3O5S/c1-11(2)21(3)27(24,25)14-7-4-12(5-8-14)17(22)19-13-6-9-16-15(10-13)20-18(23)26-16/h4-11H,1-3H3,(H,19,22)(H,20,23). The van der Waals surface area contributed by atoms with Crippen LogP contribution in [0.1, 0.15) is 24.2 Å². The predicted octanol–water partition coefficient (Wildman–Crippen LogP) is 2.40. The van der Waals surface area contributed by atoms with Crippen LogP contribution in [0.4, 0.5) is 5.69 Å². The molecule has 0 saturated heterocycles. The molecule has 0 aliphatic carbocycles. The summed E-state index contributed by atoms with van der Waals surface area (Å²) in [4.78, 5) is 26.2. The first-order valence-electron chi connectivity index (χ1n) is 8.21. The molecule has 142 valence electrons. The molecule has 0 atom stereocenters. The van der Waals surface area contributed by atoms with Gasteiger partial charge in [-0.3, -0.25) is 9.78 Å². The first-order valence-corrected chi connectivity index (χ1v) is 9.65. The molecule has 1 amide bonds. The van der Waals surface area contributed by atoms with Crippen molar-refractivity contribution in [3.63, 3.8) is 0 Å². The van der Waals surface area contributed by atoms with E-state index in [1.54, 1.807) is 32.0 Å². The maximum Gasteiger partial charge on any atom is 0.417 e. The van der Waals surface area contributed by atoms with E-state index in [2.05, 4.69) is 10.3 Å². The quantitative estimate of drug-likeness (QED) is 0.696. The molecule has 3 rings (SSSR count). The number of oxazole rings is 1. The van der Waals surface area contributed by atoms with E-state index in [0.29, 0.717) is 22.4 Å². The Bertz CT molecular complexity index is 1140. The summed E-state index contributed by atoms with van der Waals surface area (Å²) in [6.45, 7) is 3.56. The van der Waals surface area contributed by atoms with Crippen LogP contribution in [0.15, 0.2) is 56.6 Å². The van der Waals surface area contributed by atoms with Gasteiger partial charge in [-0.15, -0.1) is 0 Å². The van der Waals surface area contributed by atoms with Crippen LogP contribution in [-0.4, -0.2) is 36.7 Å². The van der Waals surface area contributed by atoms with Crippen LogP contribution in [0.25, 0.3) is 11.1 Å². The van der Waals surface area contributed by atoms with E-state index in [9.17, 15) is 18.0 Å². The summed E-state index contributed by atoms with van der Waals surface area (Å²) in [6, 6.07) is 10.3. The van der Waals surface area contributed by atoms with E-state index in [-0.39, 0.29) is 10.9 Å². The van der Waals surface area contributed by atoms with Gasteiger partial charge >= 0.3 is 5.76 Å². The highest BCUT2D eigenvalue weighted by atomic mass is 32.2. The smallest absolute Gasteiger partial charge is 0.408 e. The van der Waals surface area contributed by atoms with Gasteiger partial charge in [0.15, 0.2) is 5.58 Å². The minimum Gasteiger partial charge on any atom is -0.408 e. The molecule has 0 spiro atoms. The van der Waals surface area contributed by atoms with E-state index in [1.807, 2.05) is 0 Å². The largest absolute Gasteiger partial charge is 0.417 e. The van der Waals surface area contributed by atoms with E-state index in [1.165, 1.54) is 35.6 Å². The van der Waals surface area contributed by atoms with E-state index in [4.69, 9.17) is 4.42 Å². The van der Waals surface area contributed by atoms with Crippen LogP contribution < -0.4 is 11.1 Å². The van der Waals surface area contributed by atoms with Crippen molar-refractivity contribution < 1.29 is 17.6 Å². The molecule has 8 nitrogen and oxygen atoms in total. The number of hydrogen-bond acceptors (Lipinski definition) is 5. The molecule has 9 heteroatoms. The Hall–Kier alpha value is -2.91. The van der Waals surface area contributed by atoms with Gasteiger partial charge in [-0.05, 0) is 56.3 Å². The number of carbonyl (C=O) groups is 1. The van der Waals surface area contributed by atoms with E-state index in [0.717, 1.165) is 0 Å². The minimum absolute atomic E-state index is 0.118. The van der Waals surface area contributed by atoms with Crippen LogP contribution in [0.2, 0.25) is 0 Å². The van der Waals surface area contributed by atoms with Gasteiger partial charge in [-0.1, -0.05) is 0 Å². The summed E-state index contributed by atoms with van der Waals surface area (Å²) in [5.41, 5.74) is 1.64. The fourth-order valence-corrected chi connectivity index (χ4v) is 3.82. The second kappa shape index (κ2) is 7.01. The predicted molar refractivity (Wildman–Crippen MR) is 101 cm³/mol. The van der Waals surface area contributed by atoms with Gasteiger partial charge in [-0.25, -0.2) is 13.2 Å². The van der Waals surface area contributed by atoms with Crippen LogP contribution >= 0.6 is 0 Å². The van der Waals surface area contributed by atoms with Gasteiger partial charge in [0.05, 0.1) is 10.4 Å². The average Bonchev–Trinajstić information content (AvgIpc) is 3.00. The van der Waals surface area contributed by atoms with Crippen molar-refractivity contribution in [1.29, 1.82) is 0 Å². The first-order chi connectivity index (χ1) is 12.7. The number of carbonyl (C=O) groups excluding carboxylic acids is 1. The number of fused-ring (bicyclic) bond motifs is 1. The topological polar surface area (TPSA) is 112 Å². The third-order valence-corrected chi connectivity index (χ3v) is 6.25. The Morgan fingerprint density at radius 2 is 1.81 bits per heavy atom. The number of hydrogen-bond donors (Lipinski definition) is 2. The lowest BCUT2D eigenvalue weighted by Crippen LogP contribution is -2.33. The van der Waals surface area contributed by atoms with E-state index >= 15 is 0 Å². The Balaban J connectivity index is 1.79. The molecule has 3 aromatic rings. The Morgan fingerprint density at radius 3 is 2.44 bits per heavy atom. The molecule has 2 aromatic carbocycles. The molecule has 0 aliphatic heterocycles. The highest BCUT2D eigenvalue weighted by Gasteiger charge is 2.23. The minimum atomic E-state index is -3.60. The van der Waals surface area contributed by atoms with Crippen molar-refractivity contribution in [3.8, 4) is 0 Å². The molecule has 0 bridgehead atoms. The average molecular weight is 389 g/mol. The lowest BCUT2D eigenvalue weighted by atomic mass is 10.2. The molecule has 0 aliphatic rings. The summed E-state index contributed by atoms with van der Waals surface area (Å²) in [7, 11) is -2.09. The third-order valence-electron chi connectivity index (χ3n) is 4.20. The second-order valence-corrected chi connectivity index (χ2v) is 8.32. The number of nitrogens with zero attached hydrogens (tertiary/aromatic N) is 1. The number of aromatic nitrogens is 1. The molecule has 1 aromatic heterocycles. The van der Waals surface area contributed by atoms with Crippen molar-refractivity contribution in [1.82, 2.24) is 9.29 Å². The third kappa shape index (κ3) is 3.79. The highest BCUT2D eigenvalue weighted by Crippen LogP contribution is 2.19. The number of aromatic amines is 1. The molecule has 0 fully saturated rings. The normalized spacial score (nSPS) is 12.0. The molecule has 0 radical (unpaired) electrons. The maximum absolute atomic E-state index is 12.5. The molecule has 0 unspecified atom stereocenters. The Morgan fingerprint density at radius 1 is 1.15 bits per heavy atom. The number of amides is 1. The van der Waals surface area contributed by atoms with Crippen molar-refractivity contribution in [3.05, 3.63) is 58.6 Å². The van der Waals surface area contributed by atoms with Crippen molar-refractivity contribution >= 4 is 32.7 Å². The monoisotopic (exact) mass is 389 g/mol. The number of nitrogens with one attached hydrogen (secondary N) is 2. The highest BCUT2D eigenvalue weighted by molar-refractivity contribution is 7.89. The lowest BCUT2D eigenvalue weighted by molar-refractivity contribution is 0.102. The van der Waals surface area contributed by atoms with Crippen molar-refractivity contribution in [2.75, 3.05) is 12.4 Å². The fourth-order valence-electron chi connectivity index (χ4n) is 2.46. The molecule has 27 heavy (non-hydrogen) atoms. The van der Waals surface area contributed by atoms with Gasteiger partial charge in [0.2, 0.25) is 10.0 Å². The summed E-state index contributed by atoms with van der Waals surface area (Å²) in [6.07, 6.45) is 0. The number of rotatable bonds is 5. The van der Waals surface area contributed by atoms with Crippen LogP contribution in [-0.2, 0) is 10.0 Å². The first kappa shape index (κ1) is 18.9. The van der Waals surface area contributed by atoms with Gasteiger partial charge in [0, 0.05) is 24.3 Å². The van der Waals surface area contributed by atoms with E-state index < -0.39 is 21.7 Å². The fraction of sp³-hybridized carbons (Fsp3) is 0.222. The Kier molecular flexibility index (Phi) is 4.90. The number of sulfonamides is 1. The van der Waals surface area contributed by atoms with Crippen LogP contribution in [0, 0.1) is 0 Å². The van der Waals surface area contributed by atoms with Crippen LogP contribution in [0.3, 0.4) is 0 Å². The lowest BCUT2D eigenvalue weighted by Gasteiger charge is -2.21. The zero-order chi connectivity index (χ0) is 19.8. The van der Waals surface area contributed by atoms with Crippen LogP contribution in [0.5, 0.6) is 0 Å². The summed E-state index contributed by atoms with van der Waals surface area (Å²) >= 11 is 0. The summed E-state index contributed by atoms with van der Waals surface area (Å²) < 4.78 is 31.1. The van der Waals surface area contributed by atoms with Gasteiger partial charge in [-0.2, -0.15) is 4.31 Å². The Labute approximate surface area is 155 Å².